The molecule has 4 rings (SSSR count). The van der Waals surface area contributed by atoms with Crippen molar-refractivity contribution < 1.29 is 14.3 Å². The Bertz CT molecular complexity index is 1150. The molecular formula is C28H40N8O3. The van der Waals surface area contributed by atoms with Gasteiger partial charge < -0.3 is 40.6 Å². The molecule has 1 aromatic carbocycles. The van der Waals surface area contributed by atoms with E-state index >= 15 is 0 Å². The van der Waals surface area contributed by atoms with Gasteiger partial charge in [0.15, 0.2) is 0 Å². The van der Waals surface area contributed by atoms with E-state index in [1.54, 1.807) is 6.20 Å². The van der Waals surface area contributed by atoms with Gasteiger partial charge in [0.25, 0.3) is 5.91 Å². The van der Waals surface area contributed by atoms with Gasteiger partial charge in [-0.2, -0.15) is 0 Å². The fourth-order valence-electron chi connectivity index (χ4n) is 4.82. The first-order valence-electron chi connectivity index (χ1n) is 13.7. The molecule has 0 spiro atoms. The normalized spacial score (nSPS) is 15.9. The predicted octanol–water partition coefficient (Wildman–Crippen LogP) is 2.54. The number of morpholine rings is 1. The Morgan fingerprint density at radius 1 is 1.15 bits per heavy atom. The van der Waals surface area contributed by atoms with Crippen molar-refractivity contribution in [3.63, 3.8) is 0 Å². The molecule has 4 N–H and O–H groups in total. The van der Waals surface area contributed by atoms with Gasteiger partial charge >= 0.3 is 0 Å². The summed E-state index contributed by atoms with van der Waals surface area (Å²) in [5.74, 6) is 0.942. The van der Waals surface area contributed by atoms with Crippen molar-refractivity contribution in [2.45, 2.75) is 32.2 Å². The lowest BCUT2D eigenvalue weighted by atomic mass is 10.1. The van der Waals surface area contributed by atoms with Gasteiger partial charge in [-0.25, -0.2) is 9.97 Å². The van der Waals surface area contributed by atoms with Crippen LogP contribution in [0.1, 0.15) is 36.8 Å². The van der Waals surface area contributed by atoms with Crippen LogP contribution in [0.3, 0.4) is 0 Å². The number of amides is 1. The quantitative estimate of drug-likeness (QED) is 0.153. The molecule has 0 radical (unpaired) electrons. The van der Waals surface area contributed by atoms with Crippen molar-refractivity contribution in [2.75, 3.05) is 80.9 Å². The minimum Gasteiger partial charge on any atom is -0.378 e. The molecule has 2 aliphatic heterocycles. The topological polar surface area (TPSA) is 124 Å². The number of carbonyl (C=O) groups is 2. The summed E-state index contributed by atoms with van der Waals surface area (Å²) < 4.78 is 5.57. The first-order valence-corrected chi connectivity index (χ1v) is 13.7. The van der Waals surface area contributed by atoms with Crippen molar-refractivity contribution in [3.8, 4) is 0 Å². The highest BCUT2D eigenvalue weighted by atomic mass is 16.5. The van der Waals surface area contributed by atoms with E-state index in [4.69, 9.17) is 4.74 Å². The standard InChI is InChI=1S/C28H40N8O3/c1-29-9-6-10-30-26-25-23(28(38)34-27(25)33-20-32-26)18-31-22-7-8-24(36-12-15-39-16-13-36)21(17-22)19-35(2)11-4-3-5-14-37/h7-8,14,17-18,20,29,31H,3-6,9-13,15-16,19H2,1-2H3,(H2,30,32,33,34,38)/b23-18-. The Kier molecular flexibility index (Phi) is 10.6. The SMILES string of the molecule is CNCCCNc1ncnc2c1/C(=C/Nc1ccc(N3CCOCC3)c(CN(C)CCCCC=O)c1)C(=O)N2. The van der Waals surface area contributed by atoms with E-state index in [2.05, 4.69) is 60.2 Å². The van der Waals surface area contributed by atoms with E-state index in [-0.39, 0.29) is 5.91 Å². The van der Waals surface area contributed by atoms with Gasteiger partial charge in [0, 0.05) is 50.2 Å². The van der Waals surface area contributed by atoms with Crippen molar-refractivity contribution >= 4 is 40.8 Å². The molecule has 0 atom stereocenters. The van der Waals surface area contributed by atoms with Crippen LogP contribution in [0.15, 0.2) is 30.7 Å². The van der Waals surface area contributed by atoms with Crippen LogP contribution >= 0.6 is 0 Å². The van der Waals surface area contributed by atoms with Crippen LogP contribution in [0, 0.1) is 0 Å². The van der Waals surface area contributed by atoms with Crippen LogP contribution in [-0.2, 0) is 20.9 Å². The second-order valence-corrected chi connectivity index (χ2v) is 9.83. The maximum atomic E-state index is 12.8. The third-order valence-corrected chi connectivity index (χ3v) is 6.86. The molecule has 11 nitrogen and oxygen atoms in total. The molecule has 210 valence electrons. The van der Waals surface area contributed by atoms with Gasteiger partial charge in [-0.3, -0.25) is 4.79 Å². The zero-order valence-electron chi connectivity index (χ0n) is 23.0. The molecule has 0 aliphatic carbocycles. The Morgan fingerprint density at radius 3 is 2.79 bits per heavy atom. The molecule has 0 saturated carbocycles. The van der Waals surface area contributed by atoms with Gasteiger partial charge in [0.05, 0.1) is 24.4 Å². The van der Waals surface area contributed by atoms with E-state index < -0.39 is 0 Å². The molecule has 2 aromatic rings. The Hall–Kier alpha value is -3.54. The van der Waals surface area contributed by atoms with Gasteiger partial charge in [0.2, 0.25) is 0 Å². The average Bonchev–Trinajstić information content (AvgIpc) is 3.28. The van der Waals surface area contributed by atoms with E-state index in [1.165, 1.54) is 17.6 Å². The molecule has 39 heavy (non-hydrogen) atoms. The van der Waals surface area contributed by atoms with Crippen LogP contribution in [0.25, 0.3) is 5.57 Å². The molecule has 11 heteroatoms. The monoisotopic (exact) mass is 536 g/mol. The number of unbranched alkanes of at least 4 members (excludes halogenated alkanes) is 2. The number of nitrogens with one attached hydrogen (secondary N) is 4. The summed E-state index contributed by atoms with van der Waals surface area (Å²) in [6, 6.07) is 6.33. The third kappa shape index (κ3) is 7.75. The first kappa shape index (κ1) is 28.5. The summed E-state index contributed by atoms with van der Waals surface area (Å²) in [6.45, 7) is 6.45. The summed E-state index contributed by atoms with van der Waals surface area (Å²) >= 11 is 0. The Labute approximate surface area is 230 Å². The number of fused-ring (bicyclic) bond motifs is 1. The summed E-state index contributed by atoms with van der Waals surface area (Å²) in [6.07, 6.45) is 7.60. The van der Waals surface area contributed by atoms with Gasteiger partial charge in [-0.15, -0.1) is 0 Å². The van der Waals surface area contributed by atoms with Crippen LogP contribution in [-0.4, -0.2) is 87.1 Å². The fourth-order valence-corrected chi connectivity index (χ4v) is 4.82. The lowest BCUT2D eigenvalue weighted by molar-refractivity contribution is -0.111. The minimum absolute atomic E-state index is 0.212. The number of nitrogens with zero attached hydrogens (tertiary/aromatic N) is 4. The molecule has 1 aromatic heterocycles. The lowest BCUT2D eigenvalue weighted by Gasteiger charge is -2.32. The second kappa shape index (κ2) is 14.6. The zero-order valence-corrected chi connectivity index (χ0v) is 23.0. The highest BCUT2D eigenvalue weighted by Gasteiger charge is 2.29. The molecule has 1 fully saturated rings. The van der Waals surface area contributed by atoms with Gasteiger partial charge in [-0.1, -0.05) is 0 Å². The van der Waals surface area contributed by atoms with E-state index in [0.29, 0.717) is 29.2 Å². The lowest BCUT2D eigenvalue weighted by Crippen LogP contribution is -2.37. The predicted molar refractivity (Wildman–Crippen MR) is 155 cm³/mol. The third-order valence-electron chi connectivity index (χ3n) is 6.86. The number of ether oxygens (including phenoxy) is 1. The summed E-state index contributed by atoms with van der Waals surface area (Å²) in [5, 5.41) is 12.7. The molecule has 0 bridgehead atoms. The maximum absolute atomic E-state index is 12.8. The van der Waals surface area contributed by atoms with Crippen LogP contribution in [0.2, 0.25) is 0 Å². The highest BCUT2D eigenvalue weighted by Crippen LogP contribution is 2.35. The number of hydrogen-bond acceptors (Lipinski definition) is 10. The molecular weight excluding hydrogens is 496 g/mol. The molecule has 1 saturated heterocycles. The van der Waals surface area contributed by atoms with Gasteiger partial charge in [0.1, 0.15) is 24.2 Å². The minimum atomic E-state index is -0.212. The number of anilines is 4. The molecule has 0 unspecified atom stereocenters. The Morgan fingerprint density at radius 2 is 2.00 bits per heavy atom. The number of rotatable bonds is 15. The van der Waals surface area contributed by atoms with Crippen molar-refractivity contribution in [1.29, 1.82) is 0 Å². The Balaban J connectivity index is 1.53. The zero-order chi connectivity index (χ0) is 27.5. The van der Waals surface area contributed by atoms with E-state index in [1.807, 2.05) is 13.1 Å². The fraction of sp³-hybridized carbons (Fsp3) is 0.500. The maximum Gasteiger partial charge on any atom is 0.259 e. The van der Waals surface area contributed by atoms with Crippen LogP contribution in [0.5, 0.6) is 0 Å². The van der Waals surface area contributed by atoms with Crippen molar-refractivity contribution in [3.05, 3.63) is 41.9 Å². The molecule has 3 heterocycles. The average molecular weight is 537 g/mol. The summed E-state index contributed by atoms with van der Waals surface area (Å²) in [5.41, 5.74) is 4.46. The number of benzene rings is 1. The van der Waals surface area contributed by atoms with Crippen LogP contribution in [0.4, 0.5) is 23.0 Å². The van der Waals surface area contributed by atoms with E-state index in [9.17, 15) is 9.59 Å². The van der Waals surface area contributed by atoms with Crippen molar-refractivity contribution in [1.82, 2.24) is 20.2 Å². The first-order chi connectivity index (χ1) is 19.1. The van der Waals surface area contributed by atoms with Crippen LogP contribution < -0.4 is 26.2 Å². The summed E-state index contributed by atoms with van der Waals surface area (Å²) in [7, 11) is 4.03. The summed E-state index contributed by atoms with van der Waals surface area (Å²) in [4.78, 5) is 36.8. The number of carbonyl (C=O) groups excluding carboxylic acids is 2. The molecule has 2 aliphatic rings. The number of hydrogen-bond donors (Lipinski definition) is 4. The number of aldehydes is 1. The smallest absolute Gasteiger partial charge is 0.259 e. The molecule has 1 amide bonds. The van der Waals surface area contributed by atoms with E-state index in [0.717, 1.165) is 83.7 Å². The van der Waals surface area contributed by atoms with Crippen molar-refractivity contribution in [2.24, 2.45) is 0 Å². The number of aromatic nitrogens is 2. The second-order valence-electron chi connectivity index (χ2n) is 9.83. The highest BCUT2D eigenvalue weighted by molar-refractivity contribution is 6.32. The largest absolute Gasteiger partial charge is 0.378 e. The van der Waals surface area contributed by atoms with Gasteiger partial charge in [-0.05, 0) is 70.2 Å².